The van der Waals surface area contributed by atoms with Crippen LogP contribution in [0.2, 0.25) is 0 Å². The highest BCUT2D eigenvalue weighted by atomic mass is 15.2. The average Bonchev–Trinajstić information content (AvgIpc) is 2.28. The second-order valence-corrected chi connectivity index (χ2v) is 6.21. The van der Waals surface area contributed by atoms with Crippen molar-refractivity contribution in [3.8, 4) is 0 Å². The van der Waals surface area contributed by atoms with E-state index in [2.05, 4.69) is 37.9 Å². The summed E-state index contributed by atoms with van der Waals surface area (Å²) in [5, 5.41) is 0. The third-order valence-corrected chi connectivity index (χ3v) is 4.36. The molecule has 1 aliphatic rings. The molecular weight excluding hydrogens is 210 g/mol. The first-order valence-electron chi connectivity index (χ1n) is 7.06. The molecule has 0 amide bonds. The summed E-state index contributed by atoms with van der Waals surface area (Å²) in [5.41, 5.74) is 6.36. The van der Waals surface area contributed by atoms with E-state index in [1.54, 1.807) is 0 Å². The molecule has 3 nitrogen and oxygen atoms in total. The van der Waals surface area contributed by atoms with Gasteiger partial charge in [0.25, 0.3) is 0 Å². The van der Waals surface area contributed by atoms with Crippen LogP contribution < -0.4 is 5.73 Å². The molecule has 0 bridgehead atoms. The second kappa shape index (κ2) is 6.72. The maximum atomic E-state index is 6.08. The van der Waals surface area contributed by atoms with E-state index in [4.69, 9.17) is 5.73 Å². The number of hydrogen-bond acceptors (Lipinski definition) is 3. The first kappa shape index (κ1) is 14.9. The maximum Gasteiger partial charge on any atom is 0.0331 e. The molecule has 2 unspecified atom stereocenters. The monoisotopic (exact) mass is 241 g/mol. The minimum Gasteiger partial charge on any atom is -0.329 e. The molecule has 0 aromatic carbocycles. The van der Waals surface area contributed by atoms with Crippen molar-refractivity contribution < 1.29 is 0 Å². The fourth-order valence-corrected chi connectivity index (χ4v) is 3.18. The summed E-state index contributed by atoms with van der Waals surface area (Å²) >= 11 is 0. The van der Waals surface area contributed by atoms with Crippen LogP contribution in [-0.4, -0.2) is 56.1 Å². The van der Waals surface area contributed by atoms with E-state index < -0.39 is 0 Å². The van der Waals surface area contributed by atoms with Crippen LogP contribution in [0, 0.1) is 5.92 Å². The standard InChI is InChI=1S/C14H31N3/c1-13-7-5-8-14(11-13,12-15)17(4)10-6-9-16(2)3/h13H,5-12,15H2,1-4H3. The number of likely N-dealkylation sites (N-methyl/N-ethyl adjacent to an activating group) is 1. The topological polar surface area (TPSA) is 32.5 Å². The van der Waals surface area contributed by atoms with E-state index in [0.717, 1.165) is 12.5 Å². The summed E-state index contributed by atoms with van der Waals surface area (Å²) in [5.74, 6) is 0.837. The minimum atomic E-state index is 0.282. The molecule has 0 heterocycles. The third kappa shape index (κ3) is 4.23. The Morgan fingerprint density at radius 1 is 1.24 bits per heavy atom. The SMILES string of the molecule is CC1CCCC(CN)(N(C)CCCN(C)C)C1. The van der Waals surface area contributed by atoms with E-state index >= 15 is 0 Å². The van der Waals surface area contributed by atoms with Gasteiger partial charge in [-0.2, -0.15) is 0 Å². The molecule has 1 fully saturated rings. The van der Waals surface area contributed by atoms with Gasteiger partial charge in [-0.1, -0.05) is 19.8 Å². The number of hydrogen-bond donors (Lipinski definition) is 1. The molecule has 17 heavy (non-hydrogen) atoms. The fourth-order valence-electron chi connectivity index (χ4n) is 3.18. The van der Waals surface area contributed by atoms with Gasteiger partial charge in [0.1, 0.15) is 0 Å². The van der Waals surface area contributed by atoms with Crippen LogP contribution in [0.1, 0.15) is 39.0 Å². The molecule has 0 aromatic rings. The van der Waals surface area contributed by atoms with Gasteiger partial charge in [0.2, 0.25) is 0 Å². The summed E-state index contributed by atoms with van der Waals surface area (Å²) in [6, 6.07) is 0. The Bertz CT molecular complexity index is 218. The van der Waals surface area contributed by atoms with Gasteiger partial charge in [-0.3, -0.25) is 4.90 Å². The molecule has 3 heteroatoms. The molecule has 1 saturated carbocycles. The second-order valence-electron chi connectivity index (χ2n) is 6.21. The molecule has 1 aliphatic carbocycles. The first-order chi connectivity index (χ1) is 8.00. The Morgan fingerprint density at radius 2 is 1.94 bits per heavy atom. The quantitative estimate of drug-likeness (QED) is 0.769. The van der Waals surface area contributed by atoms with Gasteiger partial charge in [-0.05, 0) is 59.4 Å². The predicted octanol–water partition coefficient (Wildman–Crippen LogP) is 1.78. The lowest BCUT2D eigenvalue weighted by Gasteiger charge is -2.46. The van der Waals surface area contributed by atoms with Crippen molar-refractivity contribution in [1.29, 1.82) is 0 Å². The minimum absolute atomic E-state index is 0.282. The van der Waals surface area contributed by atoms with Crippen LogP contribution in [0.3, 0.4) is 0 Å². The van der Waals surface area contributed by atoms with E-state index in [1.807, 2.05) is 0 Å². The van der Waals surface area contributed by atoms with Crippen molar-refractivity contribution in [3.05, 3.63) is 0 Å². The Labute approximate surface area is 107 Å². The van der Waals surface area contributed by atoms with Crippen LogP contribution in [0.25, 0.3) is 0 Å². The van der Waals surface area contributed by atoms with E-state index in [1.165, 1.54) is 45.2 Å². The molecule has 1 rings (SSSR count). The van der Waals surface area contributed by atoms with Crippen molar-refractivity contribution in [1.82, 2.24) is 9.80 Å². The van der Waals surface area contributed by atoms with E-state index in [9.17, 15) is 0 Å². The number of nitrogens with two attached hydrogens (primary N) is 1. The van der Waals surface area contributed by atoms with Gasteiger partial charge < -0.3 is 10.6 Å². The van der Waals surface area contributed by atoms with Crippen LogP contribution in [0.4, 0.5) is 0 Å². The zero-order valence-electron chi connectivity index (χ0n) is 12.2. The van der Waals surface area contributed by atoms with Crippen LogP contribution >= 0.6 is 0 Å². The smallest absolute Gasteiger partial charge is 0.0331 e. The largest absolute Gasteiger partial charge is 0.329 e. The molecule has 0 saturated heterocycles. The highest BCUT2D eigenvalue weighted by molar-refractivity contribution is 4.94. The molecule has 0 aromatic heterocycles. The van der Waals surface area contributed by atoms with Crippen molar-refractivity contribution in [3.63, 3.8) is 0 Å². The fraction of sp³-hybridized carbons (Fsp3) is 1.00. The van der Waals surface area contributed by atoms with Gasteiger partial charge in [0.05, 0.1) is 0 Å². The summed E-state index contributed by atoms with van der Waals surface area (Å²) in [6.45, 7) is 5.52. The van der Waals surface area contributed by atoms with E-state index in [-0.39, 0.29) is 5.54 Å². The van der Waals surface area contributed by atoms with Gasteiger partial charge in [0.15, 0.2) is 0 Å². The van der Waals surface area contributed by atoms with Crippen LogP contribution in [0.5, 0.6) is 0 Å². The molecule has 2 atom stereocenters. The highest BCUT2D eigenvalue weighted by Crippen LogP contribution is 2.35. The van der Waals surface area contributed by atoms with Crippen LogP contribution in [-0.2, 0) is 0 Å². The number of nitrogens with zero attached hydrogens (tertiary/aromatic N) is 2. The molecule has 0 spiro atoms. The Hall–Kier alpha value is -0.120. The van der Waals surface area contributed by atoms with Gasteiger partial charge in [0, 0.05) is 12.1 Å². The van der Waals surface area contributed by atoms with Gasteiger partial charge in [-0.25, -0.2) is 0 Å². The Morgan fingerprint density at radius 3 is 2.47 bits per heavy atom. The Kier molecular flexibility index (Phi) is 5.90. The molecule has 2 N–H and O–H groups in total. The van der Waals surface area contributed by atoms with Crippen molar-refractivity contribution in [2.75, 3.05) is 40.8 Å². The first-order valence-corrected chi connectivity index (χ1v) is 7.06. The molecular formula is C14H31N3. The molecule has 0 aliphatic heterocycles. The van der Waals surface area contributed by atoms with Gasteiger partial charge >= 0.3 is 0 Å². The number of rotatable bonds is 6. The lowest BCUT2D eigenvalue weighted by atomic mass is 9.75. The summed E-state index contributed by atoms with van der Waals surface area (Å²) in [7, 11) is 6.54. The van der Waals surface area contributed by atoms with Crippen molar-refractivity contribution in [2.45, 2.75) is 44.6 Å². The predicted molar refractivity (Wildman–Crippen MR) is 75.2 cm³/mol. The molecule has 102 valence electrons. The van der Waals surface area contributed by atoms with Crippen molar-refractivity contribution >= 4 is 0 Å². The summed E-state index contributed by atoms with van der Waals surface area (Å²) in [4.78, 5) is 4.79. The average molecular weight is 241 g/mol. The summed E-state index contributed by atoms with van der Waals surface area (Å²) < 4.78 is 0. The Balaban J connectivity index is 2.47. The maximum absolute atomic E-state index is 6.08. The van der Waals surface area contributed by atoms with Crippen molar-refractivity contribution in [2.24, 2.45) is 11.7 Å². The zero-order chi connectivity index (χ0) is 12.9. The van der Waals surface area contributed by atoms with E-state index in [0.29, 0.717) is 0 Å². The lowest BCUT2D eigenvalue weighted by molar-refractivity contribution is 0.0592. The van der Waals surface area contributed by atoms with Crippen LogP contribution in [0.15, 0.2) is 0 Å². The summed E-state index contributed by atoms with van der Waals surface area (Å²) in [6.07, 6.45) is 6.53. The normalized spacial score (nSPS) is 30.2. The lowest BCUT2D eigenvalue weighted by Crippen LogP contribution is -2.55. The zero-order valence-corrected chi connectivity index (χ0v) is 12.2. The molecule has 0 radical (unpaired) electrons. The third-order valence-electron chi connectivity index (χ3n) is 4.36. The van der Waals surface area contributed by atoms with Gasteiger partial charge in [-0.15, -0.1) is 0 Å². The highest BCUT2D eigenvalue weighted by Gasteiger charge is 2.36.